The van der Waals surface area contributed by atoms with E-state index in [0.29, 0.717) is 13.0 Å². The van der Waals surface area contributed by atoms with Crippen molar-refractivity contribution in [1.29, 1.82) is 0 Å². The molecule has 0 aliphatic heterocycles. The second kappa shape index (κ2) is 7.81. The Morgan fingerprint density at radius 3 is 2.65 bits per heavy atom. The molecule has 0 aliphatic carbocycles. The van der Waals surface area contributed by atoms with Crippen LogP contribution in [-0.2, 0) is 13.0 Å². The van der Waals surface area contributed by atoms with E-state index in [9.17, 15) is 4.79 Å². The Morgan fingerprint density at radius 2 is 1.91 bits per heavy atom. The lowest BCUT2D eigenvalue weighted by atomic mass is 10.0. The van der Waals surface area contributed by atoms with Crippen LogP contribution in [0.4, 0.5) is 0 Å². The molecule has 0 saturated heterocycles. The van der Waals surface area contributed by atoms with Gasteiger partial charge in [0.25, 0.3) is 0 Å². The predicted molar refractivity (Wildman–Crippen MR) is 88.3 cm³/mol. The molecule has 0 spiro atoms. The summed E-state index contributed by atoms with van der Waals surface area (Å²) in [5.41, 5.74) is 3.76. The summed E-state index contributed by atoms with van der Waals surface area (Å²) >= 11 is 1.59. The molecule has 3 nitrogen and oxygen atoms in total. The van der Waals surface area contributed by atoms with Crippen LogP contribution in [0.3, 0.4) is 0 Å². The van der Waals surface area contributed by atoms with Crippen LogP contribution in [0.2, 0.25) is 0 Å². The smallest absolute Gasteiger partial charge is 0.227 e. The van der Waals surface area contributed by atoms with E-state index in [-0.39, 0.29) is 29.4 Å². The number of hydrogen-bond acceptors (Lipinski definition) is 3. The van der Waals surface area contributed by atoms with Crippen LogP contribution in [0.5, 0.6) is 0 Å². The Hall–Kier alpha value is -1.56. The number of rotatable bonds is 5. The number of halogens is 1. The molecule has 5 heteroatoms. The average Bonchev–Trinajstić information content (AvgIpc) is 2.88. The van der Waals surface area contributed by atoms with Crippen LogP contribution in [0.25, 0.3) is 10.8 Å². The van der Waals surface area contributed by atoms with Crippen molar-refractivity contribution in [3.05, 3.63) is 64.1 Å². The van der Waals surface area contributed by atoms with Gasteiger partial charge in [0.2, 0.25) is 17.8 Å². The van der Waals surface area contributed by atoms with E-state index >= 15 is 0 Å². The molecule has 1 aromatic heterocycles. The Kier molecular flexibility index (Phi) is 6.04. The second-order valence-corrected chi connectivity index (χ2v) is 6.26. The summed E-state index contributed by atoms with van der Waals surface area (Å²) in [6, 6.07) is 13.9. The van der Waals surface area contributed by atoms with Gasteiger partial charge >= 0.3 is 0 Å². The number of carbonyl (C=O) groups is 1. The van der Waals surface area contributed by atoms with Crippen molar-refractivity contribution in [2.45, 2.75) is 19.9 Å². The van der Waals surface area contributed by atoms with Crippen molar-refractivity contribution in [2.75, 3.05) is 6.61 Å². The summed E-state index contributed by atoms with van der Waals surface area (Å²) in [7, 11) is 0. The molecule has 0 radical (unpaired) electrons. The molecule has 0 fully saturated rings. The largest absolute Gasteiger partial charge is 1.00 e. The molecule has 2 aromatic carbocycles. The molecule has 0 atom stereocenters. The van der Waals surface area contributed by atoms with Crippen molar-refractivity contribution in [2.24, 2.45) is 0 Å². The summed E-state index contributed by atoms with van der Waals surface area (Å²) in [6.45, 7) is 2.47. The average molecular weight is 392 g/mol. The third kappa shape index (κ3) is 3.86. The molecule has 120 valence electrons. The molecule has 23 heavy (non-hydrogen) atoms. The number of Topliss-reactive ketones (excluding diaryl/α,β-unsaturated/α-hetero) is 1. The van der Waals surface area contributed by atoms with Crippen molar-refractivity contribution < 1.29 is 31.4 Å². The molecule has 0 aliphatic rings. The lowest BCUT2D eigenvalue weighted by molar-refractivity contribution is -0.684. The van der Waals surface area contributed by atoms with E-state index < -0.39 is 0 Å². The van der Waals surface area contributed by atoms with E-state index in [1.807, 2.05) is 59.5 Å². The van der Waals surface area contributed by atoms with E-state index in [1.54, 1.807) is 11.3 Å². The number of nitrogens with zero attached hydrogens (tertiary/aromatic N) is 1. The number of aliphatic hydroxyl groups excluding tert-OH is 1. The highest BCUT2D eigenvalue weighted by Gasteiger charge is 2.19. The zero-order chi connectivity index (χ0) is 15.5. The molecular formula is C18H18BrNO2S. The first-order valence-corrected chi connectivity index (χ1v) is 8.16. The van der Waals surface area contributed by atoms with Gasteiger partial charge in [0, 0.05) is 25.5 Å². The third-order valence-electron chi connectivity index (χ3n) is 3.88. The second-order valence-electron chi connectivity index (χ2n) is 5.32. The minimum Gasteiger partial charge on any atom is -1.00 e. The first-order valence-electron chi connectivity index (χ1n) is 7.28. The van der Waals surface area contributed by atoms with Gasteiger partial charge in [-0.05, 0) is 16.8 Å². The Morgan fingerprint density at radius 1 is 1.17 bits per heavy atom. The number of benzene rings is 2. The number of carbonyl (C=O) groups excluding carboxylic acids is 1. The van der Waals surface area contributed by atoms with Crippen molar-refractivity contribution in [1.82, 2.24) is 0 Å². The fraction of sp³-hybridized carbons (Fsp3) is 0.222. The van der Waals surface area contributed by atoms with E-state index in [0.717, 1.165) is 26.9 Å². The monoisotopic (exact) mass is 391 g/mol. The molecule has 1 N–H and O–H groups in total. The summed E-state index contributed by atoms with van der Waals surface area (Å²) < 4.78 is 1.97. The highest BCUT2D eigenvalue weighted by molar-refractivity contribution is 7.09. The van der Waals surface area contributed by atoms with Gasteiger partial charge in [0.15, 0.2) is 5.69 Å². The van der Waals surface area contributed by atoms with E-state index in [4.69, 9.17) is 5.11 Å². The van der Waals surface area contributed by atoms with E-state index in [2.05, 4.69) is 0 Å². The van der Waals surface area contributed by atoms with Crippen molar-refractivity contribution in [3.8, 4) is 0 Å². The first-order chi connectivity index (χ1) is 10.7. The van der Waals surface area contributed by atoms with Gasteiger partial charge in [-0.2, -0.15) is 4.57 Å². The minimum atomic E-state index is 0. The fourth-order valence-electron chi connectivity index (χ4n) is 2.56. The number of hydrogen-bond donors (Lipinski definition) is 1. The number of fused-ring (bicyclic) bond motifs is 1. The van der Waals surface area contributed by atoms with Gasteiger partial charge in [0.05, 0.1) is 4.88 Å². The molecule has 3 aromatic rings. The van der Waals surface area contributed by atoms with Crippen LogP contribution in [0.15, 0.2) is 48.0 Å². The quantitative estimate of drug-likeness (QED) is 0.488. The maximum absolute atomic E-state index is 12.5. The Bertz CT molecular complexity index is 829. The van der Waals surface area contributed by atoms with Crippen LogP contribution in [-0.4, -0.2) is 17.5 Å². The lowest BCUT2D eigenvalue weighted by Crippen LogP contribution is -3.00. The predicted octanol–water partition coefficient (Wildman–Crippen LogP) is -0.0811. The third-order valence-corrected chi connectivity index (χ3v) is 5.02. The number of aliphatic hydroxyl groups is 1. The van der Waals surface area contributed by atoms with Gasteiger partial charge < -0.3 is 22.1 Å². The number of aromatic nitrogens is 1. The van der Waals surface area contributed by atoms with Crippen LogP contribution in [0, 0.1) is 6.92 Å². The highest BCUT2D eigenvalue weighted by atomic mass is 79.9. The standard InChI is InChI=1S/C18H18NO2S.BrH/c1-13-18(8-9-20)22-12-19(13)11-17(21)16-7-6-14-4-2-3-5-15(14)10-16;/h2-7,10,12,20H,8-9,11H2,1H3;1H/q+1;/p-1. The van der Waals surface area contributed by atoms with Crippen molar-refractivity contribution >= 4 is 27.9 Å². The minimum absolute atomic E-state index is 0. The Labute approximate surface area is 150 Å². The molecule has 0 bridgehead atoms. The normalized spacial score (nSPS) is 10.5. The van der Waals surface area contributed by atoms with Crippen molar-refractivity contribution in [3.63, 3.8) is 0 Å². The first kappa shape index (κ1) is 17.8. The molecule has 1 heterocycles. The molecule has 0 saturated carbocycles. The van der Waals surface area contributed by atoms with Crippen LogP contribution in [0.1, 0.15) is 20.9 Å². The summed E-state index contributed by atoms with van der Waals surface area (Å²) in [6.07, 6.45) is 0.646. The Balaban J connectivity index is 0.00000192. The van der Waals surface area contributed by atoms with Crippen LogP contribution < -0.4 is 21.5 Å². The molecule has 0 amide bonds. The molecule has 0 unspecified atom stereocenters. The number of ketones is 1. The molecular weight excluding hydrogens is 374 g/mol. The number of thiazole rings is 1. The zero-order valence-corrected chi connectivity index (χ0v) is 15.2. The topological polar surface area (TPSA) is 41.2 Å². The maximum Gasteiger partial charge on any atom is 0.227 e. The van der Waals surface area contributed by atoms with Crippen LogP contribution >= 0.6 is 11.3 Å². The lowest BCUT2D eigenvalue weighted by Gasteiger charge is -2.01. The van der Waals surface area contributed by atoms with Gasteiger partial charge in [-0.15, -0.1) is 0 Å². The van der Waals surface area contributed by atoms with Gasteiger partial charge in [-0.1, -0.05) is 47.7 Å². The van der Waals surface area contributed by atoms with Gasteiger partial charge in [-0.3, -0.25) is 4.79 Å². The maximum atomic E-state index is 12.5. The van der Waals surface area contributed by atoms with Gasteiger partial charge in [-0.25, -0.2) is 0 Å². The zero-order valence-electron chi connectivity index (χ0n) is 12.8. The molecule has 3 rings (SSSR count). The van der Waals surface area contributed by atoms with Gasteiger partial charge in [0.1, 0.15) is 0 Å². The summed E-state index contributed by atoms with van der Waals surface area (Å²) in [4.78, 5) is 13.6. The summed E-state index contributed by atoms with van der Waals surface area (Å²) in [5.74, 6) is 0.104. The fourth-order valence-corrected chi connectivity index (χ4v) is 3.54. The van der Waals surface area contributed by atoms with E-state index in [1.165, 1.54) is 0 Å². The SMILES string of the molecule is Cc1c(CCO)sc[n+]1CC(=O)c1ccc2ccccc2c1.[Br-]. The highest BCUT2D eigenvalue weighted by Crippen LogP contribution is 2.16. The summed E-state index contributed by atoms with van der Waals surface area (Å²) in [5, 5.41) is 11.3.